The molecule has 0 N–H and O–H groups in total. The van der Waals surface area contributed by atoms with Crippen molar-refractivity contribution >= 4 is 34.7 Å². The van der Waals surface area contributed by atoms with Crippen LogP contribution >= 0.6 is 11.8 Å². The number of hydrogen-bond donors (Lipinski definition) is 0. The molecule has 9 heteroatoms. The maximum atomic E-state index is 12.9. The van der Waals surface area contributed by atoms with Gasteiger partial charge in [-0.1, -0.05) is 48.5 Å². The van der Waals surface area contributed by atoms with Gasteiger partial charge in [0.2, 0.25) is 0 Å². The highest BCUT2D eigenvalue weighted by Crippen LogP contribution is 2.35. The predicted octanol–water partition coefficient (Wildman–Crippen LogP) is 5.42. The summed E-state index contributed by atoms with van der Waals surface area (Å²) in [5, 5.41) is 10.6. The molecule has 1 fully saturated rings. The molecule has 1 saturated heterocycles. The molecule has 0 aromatic heterocycles. The Bertz CT molecular complexity index is 1280. The van der Waals surface area contributed by atoms with Crippen LogP contribution in [0.5, 0.6) is 11.5 Å². The number of nitro groups is 1. The number of ether oxygens (including phenoxy) is 2. The van der Waals surface area contributed by atoms with Gasteiger partial charge in [0.25, 0.3) is 16.8 Å². The Morgan fingerprint density at radius 3 is 2.47 bits per heavy atom. The van der Waals surface area contributed by atoms with Gasteiger partial charge in [-0.3, -0.25) is 24.6 Å². The van der Waals surface area contributed by atoms with E-state index in [1.807, 2.05) is 30.3 Å². The van der Waals surface area contributed by atoms with Gasteiger partial charge in [-0.2, -0.15) is 0 Å². The fourth-order valence-electron chi connectivity index (χ4n) is 3.37. The van der Waals surface area contributed by atoms with Gasteiger partial charge in [-0.05, 0) is 46.7 Å². The van der Waals surface area contributed by atoms with Crippen molar-refractivity contribution in [3.05, 3.63) is 105 Å². The van der Waals surface area contributed by atoms with E-state index in [0.717, 1.165) is 22.2 Å². The summed E-state index contributed by atoms with van der Waals surface area (Å²) in [5.74, 6) is 0.604. The topological polar surface area (TPSA) is 99.0 Å². The van der Waals surface area contributed by atoms with Crippen LogP contribution in [0.15, 0.2) is 77.7 Å². The number of thioether (sulfide) groups is 1. The SMILES string of the molecule is COc1cc(/C=C2/SC(=O)N(Cc3cccc([N+](=O)[O-])c3)C2=O)ccc1OCc1ccccc1. The Morgan fingerprint density at radius 2 is 1.74 bits per heavy atom. The zero-order valence-corrected chi connectivity index (χ0v) is 19.0. The number of carbonyl (C=O) groups is 2. The molecule has 0 atom stereocenters. The Labute approximate surface area is 199 Å². The fraction of sp³-hybridized carbons (Fsp3) is 0.120. The van der Waals surface area contributed by atoms with E-state index in [9.17, 15) is 19.7 Å². The lowest BCUT2D eigenvalue weighted by Gasteiger charge is -2.12. The Kier molecular flexibility index (Phi) is 6.93. The molecule has 0 unspecified atom stereocenters. The summed E-state index contributed by atoms with van der Waals surface area (Å²) in [6.45, 7) is 0.340. The van der Waals surface area contributed by atoms with Crippen molar-refractivity contribution in [2.24, 2.45) is 0 Å². The number of carbonyl (C=O) groups excluding carboxylic acids is 2. The smallest absolute Gasteiger partial charge is 0.293 e. The highest BCUT2D eigenvalue weighted by atomic mass is 32.2. The van der Waals surface area contributed by atoms with Crippen molar-refractivity contribution in [3.8, 4) is 11.5 Å². The van der Waals surface area contributed by atoms with E-state index in [4.69, 9.17) is 9.47 Å². The van der Waals surface area contributed by atoms with Crippen LogP contribution in [0.4, 0.5) is 10.5 Å². The fourth-order valence-corrected chi connectivity index (χ4v) is 4.21. The van der Waals surface area contributed by atoms with E-state index in [-0.39, 0.29) is 17.1 Å². The third-order valence-electron chi connectivity index (χ3n) is 5.06. The number of rotatable bonds is 8. The van der Waals surface area contributed by atoms with Gasteiger partial charge in [-0.15, -0.1) is 0 Å². The van der Waals surface area contributed by atoms with E-state index < -0.39 is 16.1 Å². The van der Waals surface area contributed by atoms with Gasteiger partial charge in [0, 0.05) is 12.1 Å². The molecule has 3 aromatic carbocycles. The number of hydrogen-bond acceptors (Lipinski definition) is 7. The molecule has 2 amide bonds. The summed E-state index contributed by atoms with van der Waals surface area (Å²) >= 11 is 0.824. The molecule has 0 bridgehead atoms. The first-order chi connectivity index (χ1) is 16.4. The van der Waals surface area contributed by atoms with E-state index >= 15 is 0 Å². The molecule has 172 valence electrons. The van der Waals surface area contributed by atoms with Crippen molar-refractivity contribution in [3.63, 3.8) is 0 Å². The lowest BCUT2D eigenvalue weighted by atomic mass is 10.1. The third kappa shape index (κ3) is 5.26. The predicted molar refractivity (Wildman–Crippen MR) is 128 cm³/mol. The summed E-state index contributed by atoms with van der Waals surface area (Å²) in [7, 11) is 1.53. The number of nitrogens with zero attached hydrogens (tertiary/aromatic N) is 2. The van der Waals surface area contributed by atoms with E-state index in [2.05, 4.69) is 0 Å². The number of non-ortho nitro benzene ring substituents is 1. The van der Waals surface area contributed by atoms with Crippen LogP contribution in [-0.4, -0.2) is 28.1 Å². The highest BCUT2D eigenvalue weighted by Gasteiger charge is 2.35. The summed E-state index contributed by atoms with van der Waals surface area (Å²) in [4.78, 5) is 37.1. The third-order valence-corrected chi connectivity index (χ3v) is 5.97. The monoisotopic (exact) mass is 476 g/mol. The zero-order valence-electron chi connectivity index (χ0n) is 18.2. The molecule has 0 spiro atoms. The van der Waals surface area contributed by atoms with Crippen LogP contribution in [-0.2, 0) is 17.9 Å². The van der Waals surface area contributed by atoms with Gasteiger partial charge < -0.3 is 9.47 Å². The zero-order chi connectivity index (χ0) is 24.1. The number of benzene rings is 3. The van der Waals surface area contributed by atoms with E-state index in [1.165, 1.54) is 25.3 Å². The lowest BCUT2D eigenvalue weighted by Crippen LogP contribution is -2.27. The second-order valence-corrected chi connectivity index (χ2v) is 8.37. The van der Waals surface area contributed by atoms with Crippen molar-refractivity contribution in [1.29, 1.82) is 0 Å². The molecular formula is C25H20N2O6S. The number of methoxy groups -OCH3 is 1. The van der Waals surface area contributed by atoms with Crippen molar-refractivity contribution in [2.75, 3.05) is 7.11 Å². The molecule has 3 aromatic rings. The molecule has 1 aliphatic heterocycles. The first kappa shape index (κ1) is 23.1. The molecule has 0 aliphatic carbocycles. The first-order valence-corrected chi connectivity index (χ1v) is 11.1. The van der Waals surface area contributed by atoms with E-state index in [1.54, 1.807) is 30.3 Å². The molecule has 34 heavy (non-hydrogen) atoms. The van der Waals surface area contributed by atoms with Crippen molar-refractivity contribution < 1.29 is 24.0 Å². The summed E-state index contributed by atoms with van der Waals surface area (Å²) in [6, 6.07) is 20.9. The molecule has 1 heterocycles. The largest absolute Gasteiger partial charge is 0.493 e. The lowest BCUT2D eigenvalue weighted by molar-refractivity contribution is -0.384. The first-order valence-electron chi connectivity index (χ1n) is 10.3. The summed E-state index contributed by atoms with van der Waals surface area (Å²) < 4.78 is 11.3. The minimum absolute atomic E-state index is 0.0424. The molecular weight excluding hydrogens is 456 g/mol. The van der Waals surface area contributed by atoms with Gasteiger partial charge in [0.05, 0.1) is 23.5 Å². The standard InChI is InChI=1S/C25H20N2O6S/c1-32-22-13-18(10-11-21(22)33-16-17-6-3-2-4-7-17)14-23-24(28)26(25(29)34-23)15-19-8-5-9-20(12-19)27(30)31/h2-14H,15-16H2,1H3/b23-14+. The molecule has 8 nitrogen and oxygen atoms in total. The number of nitro benzene ring substituents is 1. The molecule has 0 saturated carbocycles. The average molecular weight is 477 g/mol. The Morgan fingerprint density at radius 1 is 0.971 bits per heavy atom. The second kappa shape index (κ2) is 10.2. The second-order valence-electron chi connectivity index (χ2n) is 7.38. The highest BCUT2D eigenvalue weighted by molar-refractivity contribution is 8.18. The van der Waals surface area contributed by atoms with Crippen LogP contribution < -0.4 is 9.47 Å². The van der Waals surface area contributed by atoms with Crippen LogP contribution in [0, 0.1) is 10.1 Å². The maximum absolute atomic E-state index is 12.9. The summed E-state index contributed by atoms with van der Waals surface area (Å²) in [5.41, 5.74) is 2.09. The normalized spacial score (nSPS) is 14.5. The van der Waals surface area contributed by atoms with Crippen LogP contribution in [0.25, 0.3) is 6.08 Å². The van der Waals surface area contributed by atoms with Crippen LogP contribution in [0.1, 0.15) is 16.7 Å². The molecule has 0 radical (unpaired) electrons. The van der Waals surface area contributed by atoms with E-state index in [0.29, 0.717) is 29.2 Å². The molecule has 1 aliphatic rings. The molecule has 4 rings (SSSR count). The Balaban J connectivity index is 1.49. The van der Waals surface area contributed by atoms with Crippen molar-refractivity contribution in [2.45, 2.75) is 13.2 Å². The minimum Gasteiger partial charge on any atom is -0.493 e. The number of imide groups is 1. The van der Waals surface area contributed by atoms with Crippen LogP contribution in [0.3, 0.4) is 0 Å². The van der Waals surface area contributed by atoms with Gasteiger partial charge >= 0.3 is 0 Å². The minimum atomic E-state index is -0.516. The summed E-state index contributed by atoms with van der Waals surface area (Å²) in [6.07, 6.45) is 1.61. The maximum Gasteiger partial charge on any atom is 0.293 e. The Hall–Kier alpha value is -4.11. The average Bonchev–Trinajstić information content (AvgIpc) is 3.11. The van der Waals surface area contributed by atoms with Gasteiger partial charge in [-0.25, -0.2) is 0 Å². The van der Waals surface area contributed by atoms with Gasteiger partial charge in [0.1, 0.15) is 6.61 Å². The van der Waals surface area contributed by atoms with Gasteiger partial charge in [0.15, 0.2) is 11.5 Å². The quantitative estimate of drug-likeness (QED) is 0.243. The van der Waals surface area contributed by atoms with Crippen LogP contribution in [0.2, 0.25) is 0 Å². The van der Waals surface area contributed by atoms with Crippen molar-refractivity contribution in [1.82, 2.24) is 4.90 Å². The number of amides is 2.